The molecule has 9 rings (SSSR count). The molecule has 1 aliphatic carbocycles. The van der Waals surface area contributed by atoms with Crippen LogP contribution in [0.3, 0.4) is 0 Å². The Bertz CT molecular complexity index is 2440. The molecule has 0 N–H and O–H groups in total. The van der Waals surface area contributed by atoms with Crippen LogP contribution >= 0.6 is 0 Å². The van der Waals surface area contributed by atoms with Gasteiger partial charge in [-0.25, -0.2) is 4.98 Å². The van der Waals surface area contributed by atoms with Crippen LogP contribution in [0, 0.1) is 0 Å². The molecule has 0 radical (unpaired) electrons. The third-order valence-electron chi connectivity index (χ3n) is 9.68. The number of hydrogen-bond acceptors (Lipinski definition) is 3. The molecule has 0 unspecified atom stereocenters. The number of hydrogen-bond donors (Lipinski definition) is 0. The third kappa shape index (κ3) is 4.31. The lowest BCUT2D eigenvalue weighted by Gasteiger charge is -2.30. The van der Waals surface area contributed by atoms with Gasteiger partial charge in [0.15, 0.2) is 5.58 Å². The van der Waals surface area contributed by atoms with Crippen molar-refractivity contribution in [3.8, 4) is 33.7 Å². The summed E-state index contributed by atoms with van der Waals surface area (Å²) in [5.41, 5.74) is 13.1. The average molecular weight is 605 g/mol. The van der Waals surface area contributed by atoms with E-state index in [1.165, 1.54) is 22.3 Å². The molecule has 7 aromatic carbocycles. The summed E-state index contributed by atoms with van der Waals surface area (Å²) in [5, 5.41) is 2.14. The normalized spacial score (nSPS) is 13.1. The summed E-state index contributed by atoms with van der Waals surface area (Å²) < 4.78 is 6.66. The van der Waals surface area contributed by atoms with E-state index in [1.807, 2.05) is 18.2 Å². The highest BCUT2D eigenvalue weighted by Gasteiger charge is 2.36. The lowest BCUT2D eigenvalue weighted by atomic mass is 9.82. The van der Waals surface area contributed by atoms with Crippen molar-refractivity contribution < 1.29 is 4.42 Å². The fourth-order valence-electron chi connectivity index (χ4n) is 7.37. The Morgan fingerprint density at radius 1 is 0.532 bits per heavy atom. The van der Waals surface area contributed by atoms with E-state index in [1.54, 1.807) is 0 Å². The van der Waals surface area contributed by atoms with E-state index in [9.17, 15) is 0 Å². The van der Waals surface area contributed by atoms with E-state index in [4.69, 9.17) is 9.40 Å². The van der Waals surface area contributed by atoms with Gasteiger partial charge in [0, 0.05) is 27.6 Å². The first kappa shape index (κ1) is 27.4. The maximum absolute atomic E-state index is 6.66. The molecule has 0 saturated heterocycles. The third-order valence-corrected chi connectivity index (χ3v) is 9.68. The van der Waals surface area contributed by atoms with Crippen molar-refractivity contribution in [3.05, 3.63) is 169 Å². The summed E-state index contributed by atoms with van der Waals surface area (Å²) >= 11 is 0. The standard InChI is InChI=1S/C44H32N2O/c1-44(2)37-23-13-11-22-35(37)36-26-25-32(28-38(36)44)46(39-24-14-12-20-33(39)29-15-5-3-6-16-29)40-27-31-19-9-10-21-34(31)42-41(40)45-43(47-42)30-17-7-4-8-18-30/h3-28H,1-2H3. The molecule has 1 aromatic heterocycles. The van der Waals surface area contributed by atoms with Crippen molar-refractivity contribution >= 4 is 38.9 Å². The van der Waals surface area contributed by atoms with Gasteiger partial charge in [0.1, 0.15) is 5.52 Å². The molecule has 1 heterocycles. The van der Waals surface area contributed by atoms with Crippen molar-refractivity contribution in [3.63, 3.8) is 0 Å². The molecule has 0 saturated carbocycles. The van der Waals surface area contributed by atoms with Crippen LogP contribution in [0.25, 0.3) is 55.6 Å². The average Bonchev–Trinajstić information content (AvgIpc) is 3.68. The minimum Gasteiger partial charge on any atom is -0.435 e. The number of para-hydroxylation sites is 1. The minimum atomic E-state index is -0.139. The van der Waals surface area contributed by atoms with Crippen LogP contribution in [0.5, 0.6) is 0 Å². The number of anilines is 3. The van der Waals surface area contributed by atoms with Crippen LogP contribution in [-0.4, -0.2) is 4.98 Å². The summed E-state index contributed by atoms with van der Waals surface area (Å²) in [6.07, 6.45) is 0. The van der Waals surface area contributed by atoms with Gasteiger partial charge in [-0.3, -0.25) is 0 Å². The van der Waals surface area contributed by atoms with Gasteiger partial charge in [0.2, 0.25) is 5.89 Å². The molecule has 0 bridgehead atoms. The lowest BCUT2D eigenvalue weighted by Crippen LogP contribution is -2.17. The Morgan fingerprint density at radius 3 is 1.98 bits per heavy atom. The minimum absolute atomic E-state index is 0.139. The molecule has 3 heteroatoms. The van der Waals surface area contributed by atoms with Gasteiger partial charge in [-0.2, -0.15) is 0 Å². The van der Waals surface area contributed by atoms with Crippen LogP contribution in [-0.2, 0) is 5.41 Å². The number of oxazole rings is 1. The summed E-state index contributed by atoms with van der Waals surface area (Å²) in [4.78, 5) is 7.62. The fraction of sp³-hybridized carbons (Fsp3) is 0.0682. The van der Waals surface area contributed by atoms with Crippen LogP contribution in [0.4, 0.5) is 17.1 Å². The lowest BCUT2D eigenvalue weighted by molar-refractivity contribution is 0.623. The molecular formula is C44H32N2O. The number of benzene rings is 7. The van der Waals surface area contributed by atoms with E-state index in [2.05, 4.69) is 158 Å². The maximum atomic E-state index is 6.66. The molecule has 0 fully saturated rings. The first-order chi connectivity index (χ1) is 23.1. The smallest absolute Gasteiger partial charge is 0.227 e. The number of rotatable bonds is 5. The molecular weight excluding hydrogens is 572 g/mol. The zero-order chi connectivity index (χ0) is 31.5. The van der Waals surface area contributed by atoms with Gasteiger partial charge in [-0.05, 0) is 69.6 Å². The largest absolute Gasteiger partial charge is 0.435 e. The second-order valence-corrected chi connectivity index (χ2v) is 12.8. The first-order valence-electron chi connectivity index (χ1n) is 16.1. The van der Waals surface area contributed by atoms with Gasteiger partial charge < -0.3 is 9.32 Å². The molecule has 1 aliphatic rings. The molecule has 224 valence electrons. The first-order valence-corrected chi connectivity index (χ1v) is 16.1. The van der Waals surface area contributed by atoms with Gasteiger partial charge in [0.05, 0.1) is 11.4 Å². The Labute approximate surface area is 274 Å². The van der Waals surface area contributed by atoms with E-state index in [0.29, 0.717) is 5.89 Å². The molecule has 47 heavy (non-hydrogen) atoms. The zero-order valence-corrected chi connectivity index (χ0v) is 26.3. The molecule has 3 nitrogen and oxygen atoms in total. The van der Waals surface area contributed by atoms with Gasteiger partial charge >= 0.3 is 0 Å². The Hall–Kier alpha value is -5.93. The summed E-state index contributed by atoms with van der Waals surface area (Å²) in [7, 11) is 0. The quantitative estimate of drug-likeness (QED) is 0.196. The number of fused-ring (bicyclic) bond motifs is 6. The molecule has 0 spiro atoms. The topological polar surface area (TPSA) is 29.3 Å². The Balaban J connectivity index is 1.36. The van der Waals surface area contributed by atoms with Crippen molar-refractivity contribution in [2.24, 2.45) is 0 Å². The van der Waals surface area contributed by atoms with Gasteiger partial charge in [-0.15, -0.1) is 0 Å². The van der Waals surface area contributed by atoms with E-state index in [0.717, 1.165) is 55.6 Å². The predicted molar refractivity (Wildman–Crippen MR) is 195 cm³/mol. The van der Waals surface area contributed by atoms with Crippen LogP contribution in [0.1, 0.15) is 25.0 Å². The molecule has 0 atom stereocenters. The SMILES string of the molecule is CC1(C)c2ccccc2-c2ccc(N(c3ccccc3-c3ccccc3)c3cc4ccccc4c4oc(-c5ccccc5)nc34)cc21. The molecule has 0 amide bonds. The molecule has 8 aromatic rings. The van der Waals surface area contributed by atoms with Crippen molar-refractivity contribution in [2.75, 3.05) is 4.90 Å². The van der Waals surface area contributed by atoms with Crippen LogP contribution in [0.2, 0.25) is 0 Å². The highest BCUT2D eigenvalue weighted by Crippen LogP contribution is 2.52. The van der Waals surface area contributed by atoms with E-state index < -0.39 is 0 Å². The highest BCUT2D eigenvalue weighted by atomic mass is 16.3. The molecule has 0 aliphatic heterocycles. The van der Waals surface area contributed by atoms with Crippen LogP contribution < -0.4 is 4.90 Å². The van der Waals surface area contributed by atoms with E-state index >= 15 is 0 Å². The van der Waals surface area contributed by atoms with Crippen molar-refractivity contribution in [2.45, 2.75) is 19.3 Å². The van der Waals surface area contributed by atoms with Crippen molar-refractivity contribution in [1.29, 1.82) is 0 Å². The fourth-order valence-corrected chi connectivity index (χ4v) is 7.37. The van der Waals surface area contributed by atoms with Gasteiger partial charge in [0.25, 0.3) is 0 Å². The highest BCUT2D eigenvalue weighted by molar-refractivity contribution is 6.11. The Kier molecular flexibility index (Phi) is 6.16. The second-order valence-electron chi connectivity index (χ2n) is 12.8. The maximum Gasteiger partial charge on any atom is 0.227 e. The van der Waals surface area contributed by atoms with E-state index in [-0.39, 0.29) is 5.41 Å². The Morgan fingerprint density at radius 2 is 1.17 bits per heavy atom. The van der Waals surface area contributed by atoms with Gasteiger partial charge in [-0.1, -0.05) is 135 Å². The van der Waals surface area contributed by atoms with Crippen LogP contribution in [0.15, 0.2) is 162 Å². The number of aromatic nitrogens is 1. The zero-order valence-electron chi connectivity index (χ0n) is 26.3. The summed E-state index contributed by atoms with van der Waals surface area (Å²) in [5.74, 6) is 0.611. The second kappa shape index (κ2) is 10.6. The monoisotopic (exact) mass is 604 g/mol. The summed E-state index contributed by atoms with van der Waals surface area (Å²) in [6, 6.07) is 55.9. The number of nitrogens with zero attached hydrogens (tertiary/aromatic N) is 2. The van der Waals surface area contributed by atoms with Crippen molar-refractivity contribution in [1.82, 2.24) is 4.98 Å². The predicted octanol–water partition coefficient (Wildman–Crippen LogP) is 12.1. The summed E-state index contributed by atoms with van der Waals surface area (Å²) in [6.45, 7) is 4.67.